The van der Waals surface area contributed by atoms with Gasteiger partial charge in [0.15, 0.2) is 5.76 Å². The molecule has 84 valence electrons. The maximum atomic E-state index is 8.90. The van der Waals surface area contributed by atoms with Crippen molar-refractivity contribution in [3.63, 3.8) is 0 Å². The summed E-state index contributed by atoms with van der Waals surface area (Å²) in [6.07, 6.45) is 0. The number of ether oxygens (including phenoxy) is 1. The van der Waals surface area contributed by atoms with Gasteiger partial charge in [0.25, 0.3) is 0 Å². The molecule has 0 spiro atoms. The first-order chi connectivity index (χ1) is 7.74. The average Bonchev–Trinajstić information content (AvgIpc) is 2.77. The second-order valence-electron chi connectivity index (χ2n) is 3.19. The Hall–Kier alpha value is -1.52. The Bertz CT molecular complexity index is 496. The summed E-state index contributed by atoms with van der Waals surface area (Å²) in [4.78, 5) is 0. The van der Waals surface area contributed by atoms with Gasteiger partial charge in [-0.3, -0.25) is 0 Å². The van der Waals surface area contributed by atoms with Crippen molar-refractivity contribution in [1.29, 1.82) is 0 Å². The van der Waals surface area contributed by atoms with Gasteiger partial charge in [-0.1, -0.05) is 16.8 Å². The number of aliphatic hydroxyl groups is 1. The Morgan fingerprint density at radius 2 is 2.25 bits per heavy atom. The van der Waals surface area contributed by atoms with Crippen LogP contribution in [0.15, 0.2) is 28.8 Å². The smallest absolute Gasteiger partial charge is 0.170 e. The molecule has 5 heteroatoms. The Morgan fingerprint density at radius 1 is 1.44 bits per heavy atom. The predicted octanol–water partition coefficient (Wildman–Crippen LogP) is 2.50. The fourth-order valence-corrected chi connectivity index (χ4v) is 1.56. The minimum atomic E-state index is -0.160. The molecule has 0 aliphatic rings. The van der Waals surface area contributed by atoms with Gasteiger partial charge in [0.1, 0.15) is 11.4 Å². The third kappa shape index (κ3) is 2.03. The van der Waals surface area contributed by atoms with Crippen molar-refractivity contribution < 1.29 is 14.4 Å². The van der Waals surface area contributed by atoms with Crippen LogP contribution < -0.4 is 4.74 Å². The van der Waals surface area contributed by atoms with Gasteiger partial charge in [0, 0.05) is 11.1 Å². The molecule has 4 nitrogen and oxygen atoms in total. The van der Waals surface area contributed by atoms with Crippen LogP contribution in [0.2, 0.25) is 5.02 Å². The lowest BCUT2D eigenvalue weighted by Crippen LogP contribution is -1.86. The lowest BCUT2D eigenvalue weighted by Gasteiger charge is -2.05. The van der Waals surface area contributed by atoms with Crippen LogP contribution >= 0.6 is 11.6 Å². The van der Waals surface area contributed by atoms with E-state index in [-0.39, 0.29) is 6.61 Å². The quantitative estimate of drug-likeness (QED) is 0.894. The van der Waals surface area contributed by atoms with E-state index in [0.29, 0.717) is 27.8 Å². The molecule has 0 saturated heterocycles. The van der Waals surface area contributed by atoms with Crippen LogP contribution in [-0.2, 0) is 6.61 Å². The first-order valence-electron chi connectivity index (χ1n) is 4.65. The van der Waals surface area contributed by atoms with Crippen molar-refractivity contribution in [3.8, 4) is 17.1 Å². The number of benzene rings is 1. The Morgan fingerprint density at radius 3 is 2.88 bits per heavy atom. The molecule has 2 rings (SSSR count). The topological polar surface area (TPSA) is 55.5 Å². The van der Waals surface area contributed by atoms with Crippen LogP contribution in [-0.4, -0.2) is 17.4 Å². The van der Waals surface area contributed by atoms with Gasteiger partial charge in [0.05, 0.1) is 19.3 Å². The van der Waals surface area contributed by atoms with E-state index in [1.54, 1.807) is 31.4 Å². The van der Waals surface area contributed by atoms with Crippen molar-refractivity contribution in [3.05, 3.63) is 35.0 Å². The second kappa shape index (κ2) is 4.55. The minimum Gasteiger partial charge on any atom is -0.496 e. The number of aliphatic hydroxyl groups excluding tert-OH is 1. The third-order valence-corrected chi connectivity index (χ3v) is 2.38. The van der Waals surface area contributed by atoms with E-state index in [4.69, 9.17) is 26.0 Å². The van der Waals surface area contributed by atoms with Crippen LogP contribution in [0.3, 0.4) is 0 Å². The molecule has 0 aliphatic carbocycles. The highest BCUT2D eigenvalue weighted by Gasteiger charge is 2.12. The molecule has 0 aliphatic heterocycles. The number of hydrogen-bond acceptors (Lipinski definition) is 4. The fourth-order valence-electron chi connectivity index (χ4n) is 1.39. The van der Waals surface area contributed by atoms with Crippen LogP contribution in [0.5, 0.6) is 5.75 Å². The molecular weight excluding hydrogens is 230 g/mol. The average molecular weight is 240 g/mol. The summed E-state index contributed by atoms with van der Waals surface area (Å²) < 4.78 is 10.3. The van der Waals surface area contributed by atoms with E-state index in [1.807, 2.05) is 0 Å². The standard InChI is InChI=1S/C11H10ClNO3/c1-15-10-3-2-7(12)4-9(10)11-5-8(6-14)13-16-11/h2-5,14H,6H2,1H3. The van der Waals surface area contributed by atoms with E-state index < -0.39 is 0 Å². The summed E-state index contributed by atoms with van der Waals surface area (Å²) in [7, 11) is 1.57. The molecule has 0 unspecified atom stereocenters. The molecule has 1 aromatic carbocycles. The van der Waals surface area contributed by atoms with Crippen LogP contribution in [0, 0.1) is 0 Å². The lowest BCUT2D eigenvalue weighted by molar-refractivity contribution is 0.267. The Labute approximate surface area is 97.4 Å². The minimum absolute atomic E-state index is 0.160. The van der Waals surface area contributed by atoms with Crippen molar-refractivity contribution in [2.24, 2.45) is 0 Å². The van der Waals surface area contributed by atoms with E-state index in [0.717, 1.165) is 0 Å². The van der Waals surface area contributed by atoms with Gasteiger partial charge in [-0.2, -0.15) is 0 Å². The van der Waals surface area contributed by atoms with Gasteiger partial charge in [-0.15, -0.1) is 0 Å². The number of nitrogens with zero attached hydrogens (tertiary/aromatic N) is 1. The normalized spacial score (nSPS) is 10.4. The lowest BCUT2D eigenvalue weighted by atomic mass is 10.1. The third-order valence-electron chi connectivity index (χ3n) is 2.15. The van der Waals surface area contributed by atoms with E-state index in [2.05, 4.69) is 5.16 Å². The molecule has 2 aromatic rings. The Kier molecular flexibility index (Phi) is 3.12. The predicted molar refractivity (Wildman–Crippen MR) is 59.4 cm³/mol. The maximum absolute atomic E-state index is 8.90. The van der Waals surface area contributed by atoms with Crippen molar-refractivity contribution in [2.75, 3.05) is 7.11 Å². The summed E-state index contributed by atoms with van der Waals surface area (Å²) in [5.41, 5.74) is 1.18. The number of halogens is 1. The van der Waals surface area contributed by atoms with Gasteiger partial charge in [-0.05, 0) is 18.2 Å². The van der Waals surface area contributed by atoms with Crippen molar-refractivity contribution in [1.82, 2.24) is 5.16 Å². The number of methoxy groups -OCH3 is 1. The van der Waals surface area contributed by atoms with E-state index in [9.17, 15) is 0 Å². The molecule has 0 saturated carbocycles. The molecule has 0 fully saturated rings. The summed E-state index contributed by atoms with van der Waals surface area (Å²) >= 11 is 5.90. The monoisotopic (exact) mass is 239 g/mol. The summed E-state index contributed by atoms with van der Waals surface area (Å²) in [6.45, 7) is -0.160. The molecule has 0 bridgehead atoms. The Balaban J connectivity index is 2.49. The van der Waals surface area contributed by atoms with E-state index in [1.165, 1.54) is 0 Å². The number of rotatable bonds is 3. The zero-order valence-electron chi connectivity index (χ0n) is 8.61. The highest BCUT2D eigenvalue weighted by atomic mass is 35.5. The van der Waals surface area contributed by atoms with Gasteiger partial charge >= 0.3 is 0 Å². The fraction of sp³-hybridized carbons (Fsp3) is 0.182. The first kappa shape index (κ1) is 11.0. The number of hydrogen-bond donors (Lipinski definition) is 1. The van der Waals surface area contributed by atoms with Crippen LogP contribution in [0.4, 0.5) is 0 Å². The molecule has 16 heavy (non-hydrogen) atoms. The molecule has 1 N–H and O–H groups in total. The molecule has 0 radical (unpaired) electrons. The van der Waals surface area contributed by atoms with Crippen LogP contribution in [0.1, 0.15) is 5.69 Å². The molecule has 0 amide bonds. The second-order valence-corrected chi connectivity index (χ2v) is 3.62. The van der Waals surface area contributed by atoms with Crippen LogP contribution in [0.25, 0.3) is 11.3 Å². The summed E-state index contributed by atoms with van der Waals surface area (Å²) in [6, 6.07) is 6.85. The number of aromatic nitrogens is 1. The first-order valence-corrected chi connectivity index (χ1v) is 5.02. The highest BCUT2D eigenvalue weighted by Crippen LogP contribution is 2.32. The zero-order chi connectivity index (χ0) is 11.5. The molecular formula is C11H10ClNO3. The van der Waals surface area contributed by atoms with Gasteiger partial charge in [0.2, 0.25) is 0 Å². The van der Waals surface area contributed by atoms with Crippen molar-refractivity contribution >= 4 is 11.6 Å². The maximum Gasteiger partial charge on any atom is 0.170 e. The highest BCUT2D eigenvalue weighted by molar-refractivity contribution is 6.30. The summed E-state index contributed by atoms with van der Waals surface area (Å²) in [5, 5.41) is 13.2. The van der Waals surface area contributed by atoms with Gasteiger partial charge < -0.3 is 14.4 Å². The zero-order valence-corrected chi connectivity index (χ0v) is 9.36. The largest absolute Gasteiger partial charge is 0.496 e. The molecule has 1 aromatic heterocycles. The van der Waals surface area contributed by atoms with Crippen molar-refractivity contribution in [2.45, 2.75) is 6.61 Å². The van der Waals surface area contributed by atoms with E-state index >= 15 is 0 Å². The van der Waals surface area contributed by atoms with Gasteiger partial charge in [-0.25, -0.2) is 0 Å². The molecule has 1 heterocycles. The molecule has 0 atom stereocenters. The SMILES string of the molecule is COc1ccc(Cl)cc1-c1cc(CO)no1. The summed E-state index contributed by atoms with van der Waals surface area (Å²) in [5.74, 6) is 1.16.